The molecule has 0 aromatic heterocycles. The number of nitrogens with one attached hydrogen (secondary N) is 1. The highest BCUT2D eigenvalue weighted by Gasteiger charge is 1.96. The molecular weight excluding hydrogens is 110 g/mol. The van der Waals surface area contributed by atoms with Gasteiger partial charge in [0.05, 0.1) is 5.69 Å². The molecular formula is C8H6N. The Labute approximate surface area is 53.7 Å². The van der Waals surface area contributed by atoms with Gasteiger partial charge in [-0.05, 0) is 11.6 Å². The van der Waals surface area contributed by atoms with Crippen molar-refractivity contribution in [1.29, 1.82) is 0 Å². The summed E-state index contributed by atoms with van der Waals surface area (Å²) >= 11 is 0. The van der Waals surface area contributed by atoms with Gasteiger partial charge in [-0.3, -0.25) is 0 Å². The summed E-state index contributed by atoms with van der Waals surface area (Å²) in [6.07, 6.45) is 1.90. The molecule has 9 heavy (non-hydrogen) atoms. The molecule has 0 atom stereocenters. The van der Waals surface area contributed by atoms with E-state index >= 15 is 0 Å². The van der Waals surface area contributed by atoms with Crippen LogP contribution in [0.4, 0.5) is 0 Å². The molecule has 0 bridgehead atoms. The molecule has 0 aromatic carbocycles. The zero-order valence-corrected chi connectivity index (χ0v) is 4.89. The first-order valence-corrected chi connectivity index (χ1v) is 2.90. The number of aromatic nitrogens is 1. The lowest BCUT2D eigenvalue weighted by Crippen LogP contribution is -1.75. The van der Waals surface area contributed by atoms with Gasteiger partial charge < -0.3 is 4.98 Å². The van der Waals surface area contributed by atoms with Crippen molar-refractivity contribution in [3.05, 3.63) is 36.5 Å². The van der Waals surface area contributed by atoms with E-state index in [9.17, 15) is 0 Å². The molecule has 1 N–H and O–H groups in total. The summed E-state index contributed by atoms with van der Waals surface area (Å²) in [6, 6.07) is 11.1. The smallest absolute Gasteiger partial charge is 0.0533 e. The number of rotatable bonds is 0. The van der Waals surface area contributed by atoms with E-state index in [4.69, 9.17) is 0 Å². The van der Waals surface area contributed by atoms with Crippen molar-refractivity contribution in [3.63, 3.8) is 0 Å². The van der Waals surface area contributed by atoms with E-state index in [1.807, 2.05) is 24.4 Å². The second kappa shape index (κ2) is 1.62. The van der Waals surface area contributed by atoms with Gasteiger partial charge in [-0.1, -0.05) is 18.2 Å². The summed E-state index contributed by atoms with van der Waals surface area (Å²) in [6.45, 7) is 0. The Morgan fingerprint density at radius 1 is 1.33 bits per heavy atom. The number of aromatic amines is 1. The lowest BCUT2D eigenvalue weighted by atomic mass is 10.2. The van der Waals surface area contributed by atoms with Crippen LogP contribution in [0.1, 0.15) is 0 Å². The topological polar surface area (TPSA) is 15.8 Å². The van der Waals surface area contributed by atoms with Crippen LogP contribution < -0.4 is 0 Å². The molecule has 1 heteroatoms. The molecule has 0 saturated heterocycles. The SMILES string of the molecule is [c]1ccc2ccc[nH]c1-2. The normalized spacial score (nSPS) is 10.2. The highest BCUT2D eigenvalue weighted by Crippen LogP contribution is 2.17. The van der Waals surface area contributed by atoms with Crippen molar-refractivity contribution in [3.8, 4) is 11.3 Å². The number of H-pyrrole nitrogens is 1. The highest BCUT2D eigenvalue weighted by molar-refractivity contribution is 5.60. The van der Waals surface area contributed by atoms with Crippen LogP contribution in [0.15, 0.2) is 30.5 Å². The van der Waals surface area contributed by atoms with Crippen molar-refractivity contribution >= 4 is 0 Å². The number of hydrogen-bond acceptors (Lipinski definition) is 0. The van der Waals surface area contributed by atoms with Gasteiger partial charge >= 0.3 is 0 Å². The molecule has 0 saturated carbocycles. The summed E-state index contributed by atoms with van der Waals surface area (Å²) in [5.41, 5.74) is 2.30. The Kier molecular flexibility index (Phi) is 0.833. The van der Waals surface area contributed by atoms with Gasteiger partial charge in [0.1, 0.15) is 0 Å². The molecule has 0 amide bonds. The number of fused-ring (bicyclic) bond motifs is 1. The monoisotopic (exact) mass is 116 g/mol. The van der Waals surface area contributed by atoms with Crippen LogP contribution in [0.3, 0.4) is 0 Å². The Morgan fingerprint density at radius 3 is 3.22 bits per heavy atom. The number of hydrogen-bond donors (Lipinski definition) is 1. The van der Waals surface area contributed by atoms with Gasteiger partial charge in [0, 0.05) is 12.3 Å². The minimum absolute atomic E-state index is 1.08. The maximum absolute atomic E-state index is 3.08. The van der Waals surface area contributed by atoms with E-state index in [0.717, 1.165) is 5.69 Å². The minimum atomic E-state index is 1.08. The van der Waals surface area contributed by atoms with Crippen LogP contribution in [0.5, 0.6) is 0 Å². The van der Waals surface area contributed by atoms with E-state index in [1.165, 1.54) is 5.56 Å². The zero-order chi connectivity index (χ0) is 6.10. The van der Waals surface area contributed by atoms with Gasteiger partial charge in [0.2, 0.25) is 0 Å². The predicted molar refractivity (Wildman–Crippen MR) is 36.3 cm³/mol. The quantitative estimate of drug-likeness (QED) is 0.541. The fourth-order valence-electron chi connectivity index (χ4n) is 0.929. The molecule has 1 nitrogen and oxygen atoms in total. The van der Waals surface area contributed by atoms with Gasteiger partial charge in [-0.15, -0.1) is 0 Å². The van der Waals surface area contributed by atoms with Crippen molar-refractivity contribution in [1.82, 2.24) is 4.98 Å². The van der Waals surface area contributed by atoms with E-state index in [1.54, 1.807) is 0 Å². The molecule has 2 rings (SSSR count). The summed E-state index contributed by atoms with van der Waals surface area (Å²) in [5.74, 6) is 0. The maximum Gasteiger partial charge on any atom is 0.0533 e. The van der Waals surface area contributed by atoms with Crippen molar-refractivity contribution < 1.29 is 0 Å². The largest absolute Gasteiger partial charge is 0.361 e. The fourth-order valence-corrected chi connectivity index (χ4v) is 0.929. The van der Waals surface area contributed by atoms with Crippen LogP contribution in [-0.2, 0) is 0 Å². The fraction of sp³-hybridized carbons (Fsp3) is 0. The molecule has 0 fully saturated rings. The molecule has 0 spiro atoms. The third-order valence-corrected chi connectivity index (χ3v) is 1.38. The van der Waals surface area contributed by atoms with Gasteiger partial charge in [0.25, 0.3) is 0 Å². The van der Waals surface area contributed by atoms with Crippen LogP contribution in [0.2, 0.25) is 0 Å². The van der Waals surface area contributed by atoms with Crippen LogP contribution in [0, 0.1) is 6.07 Å². The molecule has 2 aliphatic rings. The predicted octanol–water partition coefficient (Wildman–Crippen LogP) is 1.92. The average Bonchev–Trinajstić information content (AvgIpc) is 2.33. The lowest BCUT2D eigenvalue weighted by Gasteiger charge is -1.93. The summed E-state index contributed by atoms with van der Waals surface area (Å²) in [7, 11) is 0. The average molecular weight is 116 g/mol. The Balaban J connectivity index is 2.79. The Morgan fingerprint density at radius 2 is 2.33 bits per heavy atom. The highest BCUT2D eigenvalue weighted by atomic mass is 14.7. The second-order valence-corrected chi connectivity index (χ2v) is 1.98. The van der Waals surface area contributed by atoms with E-state index < -0.39 is 0 Å². The Bertz CT molecular complexity index is 245. The van der Waals surface area contributed by atoms with Crippen LogP contribution in [-0.4, -0.2) is 4.98 Å². The van der Waals surface area contributed by atoms with Crippen LogP contribution >= 0.6 is 0 Å². The van der Waals surface area contributed by atoms with Crippen molar-refractivity contribution in [2.75, 3.05) is 0 Å². The lowest BCUT2D eigenvalue weighted by molar-refractivity contribution is 1.34. The standard InChI is InChI=1S/C8H6N/c1-3-7-4-2-6-9-8(7)5-1/h1-4,6,9H. The Hall–Kier alpha value is -1.24. The summed E-state index contributed by atoms with van der Waals surface area (Å²) in [4.78, 5) is 3.08. The molecule has 1 aliphatic heterocycles. The minimum Gasteiger partial charge on any atom is -0.361 e. The van der Waals surface area contributed by atoms with Crippen molar-refractivity contribution in [2.45, 2.75) is 0 Å². The number of pyridine rings is 1. The van der Waals surface area contributed by atoms with Crippen LogP contribution in [0.25, 0.3) is 11.3 Å². The van der Waals surface area contributed by atoms with E-state index in [-0.39, 0.29) is 0 Å². The molecule has 0 aromatic rings. The van der Waals surface area contributed by atoms with Crippen molar-refractivity contribution in [2.24, 2.45) is 0 Å². The third-order valence-electron chi connectivity index (χ3n) is 1.38. The first-order valence-electron chi connectivity index (χ1n) is 2.90. The first-order chi connectivity index (χ1) is 4.47. The van der Waals surface area contributed by atoms with Gasteiger partial charge in [-0.25, -0.2) is 0 Å². The summed E-state index contributed by atoms with van der Waals surface area (Å²) in [5, 5.41) is 0. The van der Waals surface area contributed by atoms with E-state index in [2.05, 4.69) is 17.1 Å². The molecule has 43 valence electrons. The van der Waals surface area contributed by atoms with Gasteiger partial charge in [-0.2, -0.15) is 0 Å². The molecule has 1 aliphatic carbocycles. The van der Waals surface area contributed by atoms with Gasteiger partial charge in [0.15, 0.2) is 0 Å². The molecule has 1 heterocycles. The zero-order valence-electron chi connectivity index (χ0n) is 4.89. The first kappa shape index (κ1) is 4.62. The third kappa shape index (κ3) is 0.617. The maximum atomic E-state index is 3.08. The summed E-state index contributed by atoms with van der Waals surface area (Å²) < 4.78 is 0. The molecule has 0 unspecified atom stereocenters. The molecule has 1 radical (unpaired) electrons. The second-order valence-electron chi connectivity index (χ2n) is 1.98. The van der Waals surface area contributed by atoms with E-state index in [0.29, 0.717) is 0 Å².